The average molecular weight is 249 g/mol. The molecule has 1 heterocycles. The van der Waals surface area contributed by atoms with E-state index in [1.807, 2.05) is 32.0 Å². The molecule has 4 nitrogen and oxygen atoms in total. The smallest absolute Gasteiger partial charge is 0.227 e. The standard InChI is InChI=1S/C14H19NO3/c1-3-10(4-2)14(16)15-11-5-6-12-13(9-11)18-8-7-17-12/h5-6,9-10H,3-4,7-8H2,1-2H3,(H,15,16). The number of benzene rings is 1. The van der Waals surface area contributed by atoms with E-state index in [2.05, 4.69) is 5.32 Å². The van der Waals surface area contributed by atoms with Gasteiger partial charge in [0.1, 0.15) is 13.2 Å². The number of hydrogen-bond acceptors (Lipinski definition) is 3. The van der Waals surface area contributed by atoms with Gasteiger partial charge in [-0.05, 0) is 25.0 Å². The quantitative estimate of drug-likeness (QED) is 0.892. The normalized spacial score (nSPS) is 13.5. The lowest BCUT2D eigenvalue weighted by molar-refractivity contribution is -0.120. The summed E-state index contributed by atoms with van der Waals surface area (Å²) in [6, 6.07) is 5.49. The summed E-state index contributed by atoms with van der Waals surface area (Å²) in [5.41, 5.74) is 0.760. The zero-order valence-electron chi connectivity index (χ0n) is 10.9. The van der Waals surface area contributed by atoms with Gasteiger partial charge in [0.25, 0.3) is 0 Å². The van der Waals surface area contributed by atoms with Crippen LogP contribution in [0.4, 0.5) is 5.69 Å². The summed E-state index contributed by atoms with van der Waals surface area (Å²) >= 11 is 0. The Balaban J connectivity index is 2.08. The number of rotatable bonds is 4. The molecule has 0 atom stereocenters. The summed E-state index contributed by atoms with van der Waals surface area (Å²) < 4.78 is 10.9. The first-order chi connectivity index (χ1) is 8.74. The highest BCUT2D eigenvalue weighted by molar-refractivity contribution is 5.92. The van der Waals surface area contributed by atoms with Gasteiger partial charge in [-0.15, -0.1) is 0 Å². The molecule has 1 aliphatic heterocycles. The predicted octanol–water partition coefficient (Wildman–Crippen LogP) is 2.83. The Kier molecular flexibility index (Phi) is 4.07. The van der Waals surface area contributed by atoms with Gasteiger partial charge < -0.3 is 14.8 Å². The Labute approximate surface area is 107 Å². The molecule has 0 saturated carbocycles. The highest BCUT2D eigenvalue weighted by atomic mass is 16.6. The van der Waals surface area contributed by atoms with Crippen molar-refractivity contribution >= 4 is 11.6 Å². The third kappa shape index (κ3) is 2.75. The molecule has 0 spiro atoms. The first-order valence-corrected chi connectivity index (χ1v) is 6.45. The molecule has 0 saturated heterocycles. The van der Waals surface area contributed by atoms with E-state index in [0.29, 0.717) is 19.0 Å². The first-order valence-electron chi connectivity index (χ1n) is 6.45. The summed E-state index contributed by atoms with van der Waals surface area (Å²) in [4.78, 5) is 12.0. The maximum absolute atomic E-state index is 12.0. The summed E-state index contributed by atoms with van der Waals surface area (Å²) in [6.07, 6.45) is 1.71. The van der Waals surface area contributed by atoms with E-state index in [9.17, 15) is 4.79 Å². The Morgan fingerprint density at radius 1 is 1.22 bits per heavy atom. The molecule has 0 bridgehead atoms. The topological polar surface area (TPSA) is 47.6 Å². The van der Waals surface area contributed by atoms with Crippen molar-refractivity contribution in [2.45, 2.75) is 26.7 Å². The minimum atomic E-state index is 0.0664. The zero-order valence-corrected chi connectivity index (χ0v) is 10.9. The van der Waals surface area contributed by atoms with Gasteiger partial charge in [0.2, 0.25) is 5.91 Å². The number of anilines is 1. The SMILES string of the molecule is CCC(CC)C(=O)Nc1ccc2c(c1)OCCO2. The van der Waals surface area contributed by atoms with Crippen molar-refractivity contribution in [3.05, 3.63) is 18.2 Å². The molecule has 2 rings (SSSR count). The van der Waals surface area contributed by atoms with Gasteiger partial charge in [-0.25, -0.2) is 0 Å². The van der Waals surface area contributed by atoms with Crippen LogP contribution in [0.3, 0.4) is 0 Å². The number of fused-ring (bicyclic) bond motifs is 1. The second-order valence-corrected chi connectivity index (χ2v) is 4.36. The Morgan fingerprint density at radius 2 is 1.89 bits per heavy atom. The fraction of sp³-hybridized carbons (Fsp3) is 0.500. The monoisotopic (exact) mass is 249 g/mol. The molecule has 18 heavy (non-hydrogen) atoms. The van der Waals surface area contributed by atoms with Crippen LogP contribution >= 0.6 is 0 Å². The van der Waals surface area contributed by atoms with Crippen molar-refractivity contribution in [2.24, 2.45) is 5.92 Å². The molecule has 0 radical (unpaired) electrons. The van der Waals surface area contributed by atoms with E-state index in [0.717, 1.165) is 24.3 Å². The molecule has 1 amide bonds. The molecule has 4 heteroatoms. The first kappa shape index (κ1) is 12.7. The number of hydrogen-bond donors (Lipinski definition) is 1. The van der Waals surface area contributed by atoms with Crippen LogP contribution in [-0.2, 0) is 4.79 Å². The van der Waals surface area contributed by atoms with Crippen molar-refractivity contribution in [1.29, 1.82) is 0 Å². The highest BCUT2D eigenvalue weighted by Gasteiger charge is 2.16. The van der Waals surface area contributed by atoms with E-state index in [1.54, 1.807) is 0 Å². The average Bonchev–Trinajstić information content (AvgIpc) is 2.40. The van der Waals surface area contributed by atoms with E-state index < -0.39 is 0 Å². The van der Waals surface area contributed by atoms with Gasteiger partial charge in [0, 0.05) is 17.7 Å². The lowest BCUT2D eigenvalue weighted by Gasteiger charge is -2.19. The maximum Gasteiger partial charge on any atom is 0.227 e. The van der Waals surface area contributed by atoms with Crippen LogP contribution in [0.25, 0.3) is 0 Å². The number of ether oxygens (including phenoxy) is 2. The van der Waals surface area contributed by atoms with Crippen LogP contribution in [0.2, 0.25) is 0 Å². The fourth-order valence-corrected chi connectivity index (χ4v) is 2.02. The van der Waals surface area contributed by atoms with Gasteiger partial charge in [-0.3, -0.25) is 4.79 Å². The Bertz CT molecular complexity index is 427. The molecule has 1 aromatic rings. The fourth-order valence-electron chi connectivity index (χ4n) is 2.02. The van der Waals surface area contributed by atoms with Crippen LogP contribution in [0, 0.1) is 5.92 Å². The van der Waals surface area contributed by atoms with Crippen molar-refractivity contribution < 1.29 is 14.3 Å². The third-order valence-electron chi connectivity index (χ3n) is 3.17. The van der Waals surface area contributed by atoms with Gasteiger partial charge in [0.15, 0.2) is 11.5 Å². The molecule has 0 aromatic heterocycles. The summed E-state index contributed by atoms with van der Waals surface area (Å²) in [6.45, 7) is 5.18. The Hall–Kier alpha value is -1.71. The van der Waals surface area contributed by atoms with E-state index in [1.165, 1.54) is 0 Å². The van der Waals surface area contributed by atoms with Crippen LogP contribution in [0.5, 0.6) is 11.5 Å². The predicted molar refractivity (Wildman–Crippen MR) is 70.1 cm³/mol. The van der Waals surface area contributed by atoms with Crippen molar-refractivity contribution in [3.8, 4) is 11.5 Å². The molecule has 0 aliphatic carbocycles. The second kappa shape index (κ2) is 5.76. The van der Waals surface area contributed by atoms with E-state index in [4.69, 9.17) is 9.47 Å². The minimum absolute atomic E-state index is 0.0664. The van der Waals surface area contributed by atoms with E-state index >= 15 is 0 Å². The van der Waals surface area contributed by atoms with E-state index in [-0.39, 0.29) is 11.8 Å². The van der Waals surface area contributed by atoms with Crippen molar-refractivity contribution in [3.63, 3.8) is 0 Å². The van der Waals surface area contributed by atoms with Crippen LogP contribution in [0.15, 0.2) is 18.2 Å². The summed E-state index contributed by atoms with van der Waals surface area (Å²) in [7, 11) is 0. The molecule has 0 unspecified atom stereocenters. The highest BCUT2D eigenvalue weighted by Crippen LogP contribution is 2.32. The van der Waals surface area contributed by atoms with Gasteiger partial charge in [-0.1, -0.05) is 13.8 Å². The summed E-state index contributed by atoms with van der Waals surface area (Å²) in [5, 5.41) is 2.92. The van der Waals surface area contributed by atoms with Crippen LogP contribution in [0.1, 0.15) is 26.7 Å². The number of nitrogens with one attached hydrogen (secondary N) is 1. The maximum atomic E-state index is 12.0. The van der Waals surface area contributed by atoms with Gasteiger partial charge in [0.05, 0.1) is 0 Å². The van der Waals surface area contributed by atoms with Gasteiger partial charge in [-0.2, -0.15) is 0 Å². The van der Waals surface area contributed by atoms with Crippen LogP contribution in [-0.4, -0.2) is 19.1 Å². The minimum Gasteiger partial charge on any atom is -0.486 e. The lowest BCUT2D eigenvalue weighted by atomic mass is 10.0. The number of carbonyl (C=O) groups excluding carboxylic acids is 1. The molecular weight excluding hydrogens is 230 g/mol. The molecule has 1 aromatic carbocycles. The molecular formula is C14H19NO3. The summed E-state index contributed by atoms with van der Waals surface area (Å²) in [5.74, 6) is 1.57. The third-order valence-corrected chi connectivity index (χ3v) is 3.17. The molecule has 98 valence electrons. The van der Waals surface area contributed by atoms with Crippen LogP contribution < -0.4 is 14.8 Å². The molecule has 1 aliphatic rings. The largest absolute Gasteiger partial charge is 0.486 e. The van der Waals surface area contributed by atoms with Gasteiger partial charge >= 0.3 is 0 Å². The Morgan fingerprint density at radius 3 is 2.56 bits per heavy atom. The lowest BCUT2D eigenvalue weighted by Crippen LogP contribution is -2.22. The zero-order chi connectivity index (χ0) is 13.0. The molecule has 1 N–H and O–H groups in total. The number of carbonyl (C=O) groups is 1. The number of amides is 1. The van der Waals surface area contributed by atoms with Crippen molar-refractivity contribution in [1.82, 2.24) is 0 Å². The second-order valence-electron chi connectivity index (χ2n) is 4.36. The molecule has 0 fully saturated rings. The van der Waals surface area contributed by atoms with Crippen molar-refractivity contribution in [2.75, 3.05) is 18.5 Å².